The first-order chi connectivity index (χ1) is 14.3. The number of carbonyl (C=O) groups excluding carboxylic acids is 1. The lowest BCUT2D eigenvalue weighted by molar-refractivity contribution is 0.0773. The average molecular weight is 425 g/mol. The monoisotopic (exact) mass is 424 g/mol. The SMILES string of the molecule is Cc1cccc(NS(=O)(=O)c2cccc(C(=O)N(C)CCOc3ccccc3)c2)c1. The molecular formula is C23H24N2O4S. The first kappa shape index (κ1) is 21.4. The van der Waals surface area contributed by atoms with Crippen molar-refractivity contribution in [2.75, 3.05) is 24.9 Å². The van der Waals surface area contributed by atoms with E-state index in [0.29, 0.717) is 24.4 Å². The van der Waals surface area contributed by atoms with E-state index < -0.39 is 10.0 Å². The Hall–Kier alpha value is -3.32. The third-order valence-corrected chi connectivity index (χ3v) is 5.83. The number of anilines is 1. The summed E-state index contributed by atoms with van der Waals surface area (Å²) in [6.07, 6.45) is 0. The number of hydrogen-bond acceptors (Lipinski definition) is 4. The van der Waals surface area contributed by atoms with Crippen LogP contribution in [0, 0.1) is 6.92 Å². The van der Waals surface area contributed by atoms with E-state index in [1.807, 2.05) is 43.3 Å². The van der Waals surface area contributed by atoms with Crippen molar-refractivity contribution in [3.63, 3.8) is 0 Å². The van der Waals surface area contributed by atoms with Gasteiger partial charge >= 0.3 is 0 Å². The molecule has 30 heavy (non-hydrogen) atoms. The van der Waals surface area contributed by atoms with Crippen LogP contribution in [0.5, 0.6) is 5.75 Å². The van der Waals surface area contributed by atoms with Crippen LogP contribution in [0.3, 0.4) is 0 Å². The van der Waals surface area contributed by atoms with E-state index in [-0.39, 0.29) is 10.8 Å². The molecule has 0 aliphatic carbocycles. The Morgan fingerprint density at radius 1 is 0.967 bits per heavy atom. The number of sulfonamides is 1. The van der Waals surface area contributed by atoms with Gasteiger partial charge in [0.2, 0.25) is 0 Å². The van der Waals surface area contributed by atoms with E-state index in [1.54, 1.807) is 37.4 Å². The van der Waals surface area contributed by atoms with Crippen molar-refractivity contribution in [1.29, 1.82) is 0 Å². The van der Waals surface area contributed by atoms with Gasteiger partial charge in [-0.15, -0.1) is 0 Å². The number of aryl methyl sites for hydroxylation is 1. The molecule has 0 fully saturated rings. The maximum absolute atomic E-state index is 12.7. The van der Waals surface area contributed by atoms with E-state index >= 15 is 0 Å². The van der Waals surface area contributed by atoms with Crippen LogP contribution >= 0.6 is 0 Å². The molecule has 0 radical (unpaired) electrons. The summed E-state index contributed by atoms with van der Waals surface area (Å²) < 4.78 is 33.6. The molecule has 3 aromatic carbocycles. The molecule has 0 aliphatic heterocycles. The van der Waals surface area contributed by atoms with E-state index in [2.05, 4.69) is 4.72 Å². The summed E-state index contributed by atoms with van der Waals surface area (Å²) in [6, 6.07) is 22.4. The van der Waals surface area contributed by atoms with Crippen LogP contribution in [0.4, 0.5) is 5.69 Å². The number of ether oxygens (including phenoxy) is 1. The summed E-state index contributed by atoms with van der Waals surface area (Å²) in [5, 5.41) is 0. The summed E-state index contributed by atoms with van der Waals surface area (Å²) in [5.74, 6) is 0.452. The largest absolute Gasteiger partial charge is 0.492 e. The highest BCUT2D eigenvalue weighted by atomic mass is 32.2. The maximum atomic E-state index is 12.7. The van der Waals surface area contributed by atoms with Crippen molar-refractivity contribution in [3.8, 4) is 5.75 Å². The lowest BCUT2D eigenvalue weighted by Gasteiger charge is -2.18. The molecule has 0 aromatic heterocycles. The average Bonchev–Trinajstić information content (AvgIpc) is 2.73. The predicted octanol–water partition coefficient (Wildman–Crippen LogP) is 3.95. The molecule has 0 saturated heterocycles. The number of amides is 1. The molecule has 0 heterocycles. The molecule has 7 heteroatoms. The zero-order chi connectivity index (χ0) is 21.6. The fourth-order valence-corrected chi connectivity index (χ4v) is 3.95. The predicted molar refractivity (Wildman–Crippen MR) is 117 cm³/mol. The molecule has 0 atom stereocenters. The van der Waals surface area contributed by atoms with Gasteiger partial charge in [0.15, 0.2) is 0 Å². The number of para-hydroxylation sites is 1. The molecule has 3 aromatic rings. The minimum absolute atomic E-state index is 0.0313. The molecule has 0 saturated carbocycles. The molecular weight excluding hydrogens is 400 g/mol. The molecule has 1 N–H and O–H groups in total. The van der Waals surface area contributed by atoms with Gasteiger partial charge in [-0.1, -0.05) is 36.4 Å². The van der Waals surface area contributed by atoms with E-state index in [0.717, 1.165) is 11.3 Å². The zero-order valence-electron chi connectivity index (χ0n) is 16.9. The lowest BCUT2D eigenvalue weighted by atomic mass is 10.2. The summed E-state index contributed by atoms with van der Waals surface area (Å²) in [5.41, 5.74) is 1.71. The Morgan fingerprint density at radius 3 is 2.43 bits per heavy atom. The highest BCUT2D eigenvalue weighted by Gasteiger charge is 2.18. The molecule has 0 unspecified atom stereocenters. The van der Waals surface area contributed by atoms with Crippen LogP contribution in [-0.2, 0) is 10.0 Å². The Kier molecular flexibility index (Phi) is 6.74. The van der Waals surface area contributed by atoms with Gasteiger partial charge < -0.3 is 9.64 Å². The summed E-state index contributed by atoms with van der Waals surface area (Å²) in [6.45, 7) is 2.58. The number of benzene rings is 3. The standard InChI is InChI=1S/C23H24N2O4S/c1-18-8-6-10-20(16-18)24-30(27,28)22-13-7-9-19(17-22)23(26)25(2)14-15-29-21-11-4-3-5-12-21/h3-13,16-17,24H,14-15H2,1-2H3. The number of hydrogen-bond donors (Lipinski definition) is 1. The van der Waals surface area contributed by atoms with Gasteiger partial charge in [0.05, 0.1) is 11.4 Å². The maximum Gasteiger partial charge on any atom is 0.261 e. The number of carbonyl (C=O) groups is 1. The first-order valence-corrected chi connectivity index (χ1v) is 11.0. The minimum Gasteiger partial charge on any atom is -0.492 e. The first-order valence-electron chi connectivity index (χ1n) is 9.48. The van der Waals surface area contributed by atoms with Gasteiger partial charge in [-0.2, -0.15) is 0 Å². The quantitative estimate of drug-likeness (QED) is 0.594. The Morgan fingerprint density at radius 2 is 1.70 bits per heavy atom. The Labute approximate surface area is 177 Å². The van der Waals surface area contributed by atoms with E-state index in [9.17, 15) is 13.2 Å². The van der Waals surface area contributed by atoms with Crippen LogP contribution in [0.15, 0.2) is 83.8 Å². The molecule has 1 amide bonds. The number of nitrogens with one attached hydrogen (secondary N) is 1. The highest BCUT2D eigenvalue weighted by molar-refractivity contribution is 7.92. The third-order valence-electron chi connectivity index (χ3n) is 4.45. The molecule has 6 nitrogen and oxygen atoms in total. The van der Waals surface area contributed by atoms with Crippen molar-refractivity contribution in [2.45, 2.75) is 11.8 Å². The van der Waals surface area contributed by atoms with Gasteiger partial charge in [-0.3, -0.25) is 9.52 Å². The molecule has 156 valence electrons. The van der Waals surface area contributed by atoms with Crippen molar-refractivity contribution in [2.24, 2.45) is 0 Å². The van der Waals surface area contributed by atoms with Gasteiger partial charge in [-0.05, 0) is 55.0 Å². The van der Waals surface area contributed by atoms with Gasteiger partial charge in [0, 0.05) is 18.3 Å². The highest BCUT2D eigenvalue weighted by Crippen LogP contribution is 2.19. The topological polar surface area (TPSA) is 75.7 Å². The lowest BCUT2D eigenvalue weighted by Crippen LogP contribution is -2.31. The summed E-state index contributed by atoms with van der Waals surface area (Å²) in [4.78, 5) is 14.3. The summed E-state index contributed by atoms with van der Waals surface area (Å²) >= 11 is 0. The molecule has 0 spiro atoms. The smallest absolute Gasteiger partial charge is 0.261 e. The minimum atomic E-state index is -3.81. The van der Waals surface area contributed by atoms with Gasteiger partial charge in [0.1, 0.15) is 12.4 Å². The molecule has 3 rings (SSSR count). The Bertz CT molecular complexity index is 1110. The third kappa shape index (κ3) is 5.61. The van der Waals surface area contributed by atoms with Crippen molar-refractivity contribution in [1.82, 2.24) is 4.90 Å². The van der Waals surface area contributed by atoms with E-state index in [1.165, 1.54) is 17.0 Å². The second-order valence-corrected chi connectivity index (χ2v) is 8.57. The van der Waals surface area contributed by atoms with Crippen molar-refractivity contribution >= 4 is 21.6 Å². The van der Waals surface area contributed by atoms with Crippen molar-refractivity contribution in [3.05, 3.63) is 90.0 Å². The Balaban J connectivity index is 1.66. The second-order valence-electron chi connectivity index (χ2n) is 6.89. The fourth-order valence-electron chi connectivity index (χ4n) is 2.86. The summed E-state index contributed by atoms with van der Waals surface area (Å²) in [7, 11) is -2.15. The fraction of sp³-hybridized carbons (Fsp3) is 0.174. The van der Waals surface area contributed by atoms with Crippen LogP contribution in [0.1, 0.15) is 15.9 Å². The number of nitrogens with zero attached hydrogens (tertiary/aromatic N) is 1. The number of rotatable bonds is 8. The van der Waals surface area contributed by atoms with Crippen LogP contribution in [0.25, 0.3) is 0 Å². The zero-order valence-corrected chi connectivity index (χ0v) is 17.7. The number of likely N-dealkylation sites (N-methyl/N-ethyl adjacent to an activating group) is 1. The van der Waals surface area contributed by atoms with Crippen LogP contribution in [0.2, 0.25) is 0 Å². The van der Waals surface area contributed by atoms with Crippen molar-refractivity contribution < 1.29 is 17.9 Å². The molecule has 0 bridgehead atoms. The van der Waals surface area contributed by atoms with Gasteiger partial charge in [-0.25, -0.2) is 8.42 Å². The van der Waals surface area contributed by atoms with Gasteiger partial charge in [0.25, 0.3) is 15.9 Å². The second kappa shape index (κ2) is 9.45. The van der Waals surface area contributed by atoms with E-state index in [4.69, 9.17) is 4.74 Å². The molecule has 0 aliphatic rings. The van der Waals surface area contributed by atoms with Crippen LogP contribution < -0.4 is 9.46 Å². The van der Waals surface area contributed by atoms with Crippen LogP contribution in [-0.4, -0.2) is 39.4 Å². The normalized spacial score (nSPS) is 11.0.